The highest BCUT2D eigenvalue weighted by atomic mass is 19.2. The van der Waals surface area contributed by atoms with Gasteiger partial charge < -0.3 is 15.2 Å². The van der Waals surface area contributed by atoms with E-state index in [2.05, 4.69) is 10.6 Å². The second-order valence-corrected chi connectivity index (χ2v) is 5.83. The van der Waals surface area contributed by atoms with Crippen molar-refractivity contribution in [2.24, 2.45) is 0 Å². The SMILES string of the molecule is CNC(=O)C(NC(=O)c1ccc(-n2cccc2)cc1)c1ccc(F)c(F)c1. The largest absolute Gasteiger partial charge is 0.357 e. The van der Waals surface area contributed by atoms with Crippen molar-refractivity contribution in [2.45, 2.75) is 6.04 Å². The Morgan fingerprint density at radius 3 is 2.22 bits per heavy atom. The standard InChI is InChI=1S/C20H17F2N3O2/c1-23-20(27)18(14-6-9-16(21)17(22)12-14)24-19(26)13-4-7-15(8-5-13)25-10-2-3-11-25/h2-12,18H,1H3,(H,23,27)(H,24,26). The molecule has 2 N–H and O–H groups in total. The first-order chi connectivity index (χ1) is 13.0. The molecule has 0 spiro atoms. The van der Waals surface area contributed by atoms with Gasteiger partial charge in [0, 0.05) is 30.7 Å². The van der Waals surface area contributed by atoms with Gasteiger partial charge in [-0.2, -0.15) is 0 Å². The number of carbonyl (C=O) groups excluding carboxylic acids is 2. The highest BCUT2D eigenvalue weighted by Crippen LogP contribution is 2.18. The number of likely N-dealkylation sites (N-methyl/N-ethyl adjacent to an activating group) is 1. The van der Waals surface area contributed by atoms with E-state index in [1.807, 2.05) is 29.1 Å². The number of halogens is 2. The van der Waals surface area contributed by atoms with Crippen LogP contribution in [0.4, 0.5) is 8.78 Å². The molecule has 0 saturated carbocycles. The van der Waals surface area contributed by atoms with Crippen molar-refractivity contribution >= 4 is 11.8 Å². The zero-order valence-electron chi connectivity index (χ0n) is 14.4. The van der Waals surface area contributed by atoms with Crippen LogP contribution in [0.25, 0.3) is 5.69 Å². The second kappa shape index (κ2) is 7.82. The minimum atomic E-state index is -1.15. The van der Waals surface area contributed by atoms with Gasteiger partial charge in [0.1, 0.15) is 6.04 Å². The van der Waals surface area contributed by atoms with Crippen molar-refractivity contribution in [1.82, 2.24) is 15.2 Å². The molecule has 0 saturated heterocycles. The minimum Gasteiger partial charge on any atom is -0.357 e. The van der Waals surface area contributed by atoms with Gasteiger partial charge in [0.05, 0.1) is 0 Å². The summed E-state index contributed by atoms with van der Waals surface area (Å²) in [5.41, 5.74) is 1.35. The Morgan fingerprint density at radius 2 is 1.63 bits per heavy atom. The van der Waals surface area contributed by atoms with Crippen molar-refractivity contribution in [2.75, 3.05) is 7.05 Å². The average Bonchev–Trinajstić information content (AvgIpc) is 3.22. The topological polar surface area (TPSA) is 63.1 Å². The van der Waals surface area contributed by atoms with Crippen LogP contribution < -0.4 is 10.6 Å². The molecule has 5 nitrogen and oxygen atoms in total. The molecule has 0 fully saturated rings. The maximum absolute atomic E-state index is 13.5. The van der Waals surface area contributed by atoms with Crippen molar-refractivity contribution in [3.05, 3.63) is 89.8 Å². The smallest absolute Gasteiger partial charge is 0.252 e. The quantitative estimate of drug-likeness (QED) is 0.726. The number of hydrogen-bond donors (Lipinski definition) is 2. The second-order valence-electron chi connectivity index (χ2n) is 5.83. The molecule has 3 aromatic rings. The molecule has 3 rings (SSSR count). The maximum atomic E-state index is 13.5. The fourth-order valence-electron chi connectivity index (χ4n) is 2.64. The molecule has 0 radical (unpaired) electrons. The molecule has 1 heterocycles. The van der Waals surface area contributed by atoms with E-state index in [1.165, 1.54) is 13.1 Å². The van der Waals surface area contributed by atoms with E-state index in [4.69, 9.17) is 0 Å². The van der Waals surface area contributed by atoms with Crippen molar-refractivity contribution < 1.29 is 18.4 Å². The van der Waals surface area contributed by atoms with Crippen LogP contribution in [0.2, 0.25) is 0 Å². The first-order valence-corrected chi connectivity index (χ1v) is 8.20. The molecule has 0 aliphatic rings. The first kappa shape index (κ1) is 18.3. The summed E-state index contributed by atoms with van der Waals surface area (Å²) in [5, 5.41) is 4.96. The highest BCUT2D eigenvalue weighted by molar-refractivity contribution is 5.98. The Bertz CT molecular complexity index is 954. The maximum Gasteiger partial charge on any atom is 0.252 e. The van der Waals surface area contributed by atoms with Crippen molar-refractivity contribution in [1.29, 1.82) is 0 Å². The highest BCUT2D eigenvalue weighted by Gasteiger charge is 2.23. The molecule has 0 aliphatic heterocycles. The predicted molar refractivity (Wildman–Crippen MR) is 96.4 cm³/mol. The van der Waals surface area contributed by atoms with E-state index >= 15 is 0 Å². The number of benzene rings is 2. The summed E-state index contributed by atoms with van der Waals surface area (Å²) >= 11 is 0. The summed E-state index contributed by atoms with van der Waals surface area (Å²) in [5.74, 6) is -3.17. The molecule has 0 bridgehead atoms. The zero-order valence-corrected chi connectivity index (χ0v) is 14.4. The molecule has 7 heteroatoms. The van der Waals surface area contributed by atoms with E-state index in [0.29, 0.717) is 5.56 Å². The lowest BCUT2D eigenvalue weighted by atomic mass is 10.0. The Labute approximate surface area is 154 Å². The molecule has 1 unspecified atom stereocenters. The summed E-state index contributed by atoms with van der Waals surface area (Å²) in [4.78, 5) is 24.7. The number of nitrogens with zero attached hydrogens (tertiary/aromatic N) is 1. The molecule has 1 aromatic heterocycles. The molecule has 0 aliphatic carbocycles. The number of amides is 2. The lowest BCUT2D eigenvalue weighted by Gasteiger charge is -2.18. The van der Waals surface area contributed by atoms with E-state index in [-0.39, 0.29) is 5.56 Å². The number of nitrogens with one attached hydrogen (secondary N) is 2. The first-order valence-electron chi connectivity index (χ1n) is 8.20. The monoisotopic (exact) mass is 369 g/mol. The van der Waals surface area contributed by atoms with Gasteiger partial charge in [-0.25, -0.2) is 8.78 Å². The number of rotatable bonds is 5. The molecule has 27 heavy (non-hydrogen) atoms. The summed E-state index contributed by atoms with van der Waals surface area (Å²) in [7, 11) is 1.40. The van der Waals surface area contributed by atoms with E-state index in [9.17, 15) is 18.4 Å². The van der Waals surface area contributed by atoms with Crippen LogP contribution in [-0.4, -0.2) is 23.4 Å². The fraction of sp³-hybridized carbons (Fsp3) is 0.100. The summed E-state index contributed by atoms with van der Waals surface area (Å²) in [6.45, 7) is 0. The van der Waals surface area contributed by atoms with Crippen LogP contribution in [0.1, 0.15) is 22.0 Å². The van der Waals surface area contributed by atoms with Gasteiger partial charge in [-0.3, -0.25) is 9.59 Å². The summed E-state index contributed by atoms with van der Waals surface area (Å²) in [6, 6.07) is 12.5. The van der Waals surface area contributed by atoms with Gasteiger partial charge in [0.2, 0.25) is 5.91 Å². The number of hydrogen-bond acceptors (Lipinski definition) is 2. The van der Waals surface area contributed by atoms with Crippen LogP contribution in [0.5, 0.6) is 0 Å². The molecule has 2 aromatic carbocycles. The molecule has 2 amide bonds. The molecule has 138 valence electrons. The predicted octanol–water partition coefficient (Wildman–Crippen LogP) is 2.97. The zero-order chi connectivity index (χ0) is 19.4. The van der Waals surface area contributed by atoms with Gasteiger partial charge in [0.15, 0.2) is 11.6 Å². The number of aromatic nitrogens is 1. The van der Waals surface area contributed by atoms with Gasteiger partial charge in [-0.05, 0) is 54.1 Å². The van der Waals surface area contributed by atoms with Crippen molar-refractivity contribution in [3.63, 3.8) is 0 Å². The third kappa shape index (κ3) is 4.03. The third-order valence-electron chi connectivity index (χ3n) is 4.09. The summed E-state index contributed by atoms with van der Waals surface area (Å²) < 4.78 is 28.6. The van der Waals surface area contributed by atoms with Gasteiger partial charge >= 0.3 is 0 Å². The van der Waals surface area contributed by atoms with Crippen LogP contribution in [0.3, 0.4) is 0 Å². The Kier molecular flexibility index (Phi) is 5.30. The minimum absolute atomic E-state index is 0.144. The Balaban J connectivity index is 1.82. The Hall–Kier alpha value is -3.48. The normalized spacial score (nSPS) is 11.7. The summed E-state index contributed by atoms with van der Waals surface area (Å²) in [6.07, 6.45) is 3.75. The third-order valence-corrected chi connectivity index (χ3v) is 4.09. The molecular weight excluding hydrogens is 352 g/mol. The van der Waals surface area contributed by atoms with Crippen LogP contribution >= 0.6 is 0 Å². The molecular formula is C20H17F2N3O2. The van der Waals surface area contributed by atoms with E-state index < -0.39 is 29.5 Å². The lowest BCUT2D eigenvalue weighted by molar-refractivity contribution is -0.122. The van der Waals surface area contributed by atoms with Crippen LogP contribution in [0, 0.1) is 11.6 Å². The van der Waals surface area contributed by atoms with Gasteiger partial charge in [0.25, 0.3) is 5.91 Å². The molecule has 1 atom stereocenters. The lowest BCUT2D eigenvalue weighted by Crippen LogP contribution is -2.39. The fourth-order valence-corrected chi connectivity index (χ4v) is 2.64. The number of carbonyl (C=O) groups is 2. The van der Waals surface area contributed by atoms with Gasteiger partial charge in [-0.1, -0.05) is 6.07 Å². The van der Waals surface area contributed by atoms with Crippen molar-refractivity contribution in [3.8, 4) is 5.69 Å². The van der Waals surface area contributed by atoms with Crippen LogP contribution in [0.15, 0.2) is 67.0 Å². The average molecular weight is 369 g/mol. The van der Waals surface area contributed by atoms with Gasteiger partial charge in [-0.15, -0.1) is 0 Å². The van der Waals surface area contributed by atoms with E-state index in [1.54, 1.807) is 24.3 Å². The van der Waals surface area contributed by atoms with Crippen LogP contribution in [-0.2, 0) is 4.79 Å². The van der Waals surface area contributed by atoms with E-state index in [0.717, 1.165) is 17.8 Å². The Morgan fingerprint density at radius 1 is 0.963 bits per heavy atom.